The maximum absolute atomic E-state index is 11.0. The van der Waals surface area contributed by atoms with Crippen LogP contribution in [-0.4, -0.2) is 30.9 Å². The van der Waals surface area contributed by atoms with Crippen LogP contribution < -0.4 is 14.2 Å². The van der Waals surface area contributed by atoms with E-state index in [0.717, 1.165) is 19.3 Å². The minimum atomic E-state index is -0.853. The van der Waals surface area contributed by atoms with E-state index in [-0.39, 0.29) is 6.42 Å². The zero-order valence-corrected chi connectivity index (χ0v) is 11.1. The topological polar surface area (TPSA) is 65.0 Å². The summed E-state index contributed by atoms with van der Waals surface area (Å²) in [5, 5.41) is 9.00. The van der Waals surface area contributed by atoms with Crippen LogP contribution in [0, 0.1) is 0 Å². The predicted molar refractivity (Wildman–Crippen MR) is 69.0 cm³/mol. The number of carboxylic acid groups (broad SMARTS) is 1. The number of benzene rings is 1. The second-order valence-corrected chi connectivity index (χ2v) is 4.70. The van der Waals surface area contributed by atoms with Gasteiger partial charge < -0.3 is 19.3 Å². The Bertz CT molecular complexity index is 443. The van der Waals surface area contributed by atoms with Crippen molar-refractivity contribution < 1.29 is 24.1 Å². The summed E-state index contributed by atoms with van der Waals surface area (Å²) in [6.45, 7) is 0. The van der Waals surface area contributed by atoms with Gasteiger partial charge in [0.05, 0.1) is 20.6 Å². The zero-order chi connectivity index (χ0) is 13.9. The number of carboxylic acids is 1. The smallest absolute Gasteiger partial charge is 0.307 e. The molecule has 0 aliphatic heterocycles. The van der Waals surface area contributed by atoms with Gasteiger partial charge in [0.2, 0.25) is 5.75 Å². The van der Waals surface area contributed by atoms with Gasteiger partial charge in [-0.05, 0) is 31.4 Å². The van der Waals surface area contributed by atoms with Crippen molar-refractivity contribution in [3.63, 3.8) is 0 Å². The van der Waals surface area contributed by atoms with Crippen LogP contribution in [-0.2, 0) is 4.79 Å². The van der Waals surface area contributed by atoms with Crippen LogP contribution in [0.4, 0.5) is 0 Å². The molecule has 19 heavy (non-hydrogen) atoms. The Labute approximate surface area is 112 Å². The number of aliphatic carboxylic acids is 1. The van der Waals surface area contributed by atoms with Crippen molar-refractivity contribution in [1.29, 1.82) is 0 Å². The fourth-order valence-corrected chi connectivity index (χ4v) is 2.30. The summed E-state index contributed by atoms with van der Waals surface area (Å²) in [6, 6.07) is 5.34. The molecule has 2 rings (SSSR count). The van der Waals surface area contributed by atoms with E-state index >= 15 is 0 Å². The summed E-state index contributed by atoms with van der Waals surface area (Å²) in [5.41, 5.74) is -0.631. The van der Waals surface area contributed by atoms with Gasteiger partial charge in [-0.15, -0.1) is 0 Å². The van der Waals surface area contributed by atoms with E-state index in [9.17, 15) is 4.79 Å². The third-order valence-electron chi connectivity index (χ3n) is 3.44. The van der Waals surface area contributed by atoms with E-state index in [1.165, 1.54) is 0 Å². The van der Waals surface area contributed by atoms with E-state index in [0.29, 0.717) is 17.2 Å². The van der Waals surface area contributed by atoms with Crippen molar-refractivity contribution in [2.75, 3.05) is 14.2 Å². The number of para-hydroxylation sites is 1. The highest BCUT2D eigenvalue weighted by atomic mass is 16.6. The third-order valence-corrected chi connectivity index (χ3v) is 3.44. The number of hydrogen-bond donors (Lipinski definition) is 1. The molecular weight excluding hydrogens is 248 g/mol. The van der Waals surface area contributed by atoms with Crippen LogP contribution in [0.2, 0.25) is 0 Å². The Morgan fingerprint density at radius 3 is 2.21 bits per heavy atom. The third kappa shape index (κ3) is 2.75. The maximum atomic E-state index is 11.0. The Kier molecular flexibility index (Phi) is 3.83. The molecule has 0 radical (unpaired) electrons. The molecule has 1 saturated carbocycles. The molecule has 0 bridgehead atoms. The summed E-state index contributed by atoms with van der Waals surface area (Å²) < 4.78 is 16.5. The van der Waals surface area contributed by atoms with Crippen molar-refractivity contribution in [3.8, 4) is 17.2 Å². The molecule has 1 fully saturated rings. The molecule has 104 valence electrons. The second kappa shape index (κ2) is 5.38. The highest BCUT2D eigenvalue weighted by molar-refractivity contribution is 5.68. The zero-order valence-electron chi connectivity index (χ0n) is 11.1. The summed E-state index contributed by atoms with van der Waals surface area (Å²) in [6.07, 6.45) is 2.44. The molecule has 0 amide bonds. The largest absolute Gasteiger partial charge is 0.493 e. The van der Waals surface area contributed by atoms with E-state index in [4.69, 9.17) is 19.3 Å². The van der Waals surface area contributed by atoms with Crippen molar-refractivity contribution >= 4 is 5.97 Å². The fraction of sp³-hybridized carbons (Fsp3) is 0.500. The number of carbonyl (C=O) groups is 1. The van der Waals surface area contributed by atoms with Crippen LogP contribution in [0.15, 0.2) is 18.2 Å². The lowest BCUT2D eigenvalue weighted by atomic mass is 9.77. The number of ether oxygens (including phenoxy) is 3. The first kappa shape index (κ1) is 13.5. The number of rotatable bonds is 6. The molecular formula is C14H18O5. The van der Waals surface area contributed by atoms with E-state index < -0.39 is 11.6 Å². The molecule has 0 saturated heterocycles. The van der Waals surface area contributed by atoms with Gasteiger partial charge in [0.1, 0.15) is 5.60 Å². The highest BCUT2D eigenvalue weighted by Crippen LogP contribution is 2.45. The Balaban J connectivity index is 2.28. The average Bonchev–Trinajstić information content (AvgIpc) is 2.35. The molecule has 1 aromatic rings. The average molecular weight is 266 g/mol. The second-order valence-electron chi connectivity index (χ2n) is 4.70. The Morgan fingerprint density at radius 2 is 1.84 bits per heavy atom. The van der Waals surface area contributed by atoms with Crippen molar-refractivity contribution in [2.45, 2.75) is 31.3 Å². The predicted octanol–water partition coefficient (Wildman–Crippen LogP) is 2.48. The van der Waals surface area contributed by atoms with Crippen LogP contribution >= 0.6 is 0 Å². The minimum absolute atomic E-state index is 0.00575. The molecule has 0 atom stereocenters. The van der Waals surface area contributed by atoms with Gasteiger partial charge in [0.25, 0.3) is 0 Å². The standard InChI is InChI=1S/C14H18O5/c1-17-10-5-3-6-11(18-2)13(10)19-14(7-4-8-14)9-12(15)16/h3,5-6H,4,7-9H2,1-2H3,(H,15,16). The first-order valence-electron chi connectivity index (χ1n) is 6.22. The van der Waals surface area contributed by atoms with Crippen LogP contribution in [0.25, 0.3) is 0 Å². The monoisotopic (exact) mass is 266 g/mol. The summed E-state index contributed by atoms with van der Waals surface area (Å²) >= 11 is 0. The van der Waals surface area contributed by atoms with E-state index in [1.54, 1.807) is 32.4 Å². The minimum Gasteiger partial charge on any atom is -0.493 e. The van der Waals surface area contributed by atoms with Gasteiger partial charge in [-0.2, -0.15) is 0 Å². The van der Waals surface area contributed by atoms with Gasteiger partial charge in [-0.25, -0.2) is 0 Å². The summed E-state index contributed by atoms with van der Waals surface area (Å²) in [7, 11) is 3.10. The summed E-state index contributed by atoms with van der Waals surface area (Å²) in [5.74, 6) is 0.731. The van der Waals surface area contributed by atoms with Crippen LogP contribution in [0.5, 0.6) is 17.2 Å². The van der Waals surface area contributed by atoms with Gasteiger partial charge in [-0.1, -0.05) is 6.07 Å². The van der Waals surface area contributed by atoms with E-state index in [1.807, 2.05) is 0 Å². The molecule has 1 aliphatic carbocycles. The molecule has 1 aliphatic rings. The maximum Gasteiger partial charge on any atom is 0.307 e. The molecule has 5 heteroatoms. The van der Waals surface area contributed by atoms with Gasteiger partial charge >= 0.3 is 5.97 Å². The van der Waals surface area contributed by atoms with Gasteiger partial charge in [0.15, 0.2) is 11.5 Å². The Morgan fingerprint density at radius 1 is 1.26 bits per heavy atom. The lowest BCUT2D eigenvalue weighted by molar-refractivity contribution is -0.144. The lowest BCUT2D eigenvalue weighted by Crippen LogP contribution is -2.45. The number of methoxy groups -OCH3 is 2. The quantitative estimate of drug-likeness (QED) is 0.856. The molecule has 0 heterocycles. The van der Waals surface area contributed by atoms with Gasteiger partial charge in [0, 0.05) is 0 Å². The molecule has 0 unspecified atom stereocenters. The fourth-order valence-electron chi connectivity index (χ4n) is 2.30. The Hall–Kier alpha value is -1.91. The van der Waals surface area contributed by atoms with Crippen molar-refractivity contribution in [2.24, 2.45) is 0 Å². The normalized spacial score (nSPS) is 16.3. The van der Waals surface area contributed by atoms with E-state index in [2.05, 4.69) is 0 Å². The number of hydrogen-bond acceptors (Lipinski definition) is 4. The highest BCUT2D eigenvalue weighted by Gasteiger charge is 2.42. The molecule has 0 spiro atoms. The first-order valence-corrected chi connectivity index (χ1v) is 6.22. The molecule has 0 aromatic heterocycles. The van der Waals surface area contributed by atoms with Crippen molar-refractivity contribution in [1.82, 2.24) is 0 Å². The SMILES string of the molecule is COc1cccc(OC)c1OC1(CC(=O)O)CCC1. The summed E-state index contributed by atoms with van der Waals surface area (Å²) in [4.78, 5) is 11.0. The van der Waals surface area contributed by atoms with Crippen molar-refractivity contribution in [3.05, 3.63) is 18.2 Å². The van der Waals surface area contributed by atoms with Gasteiger partial charge in [-0.3, -0.25) is 4.79 Å². The first-order chi connectivity index (χ1) is 9.10. The molecule has 5 nitrogen and oxygen atoms in total. The molecule has 1 N–H and O–H groups in total. The lowest BCUT2D eigenvalue weighted by Gasteiger charge is -2.41. The van der Waals surface area contributed by atoms with Crippen LogP contribution in [0.1, 0.15) is 25.7 Å². The van der Waals surface area contributed by atoms with Crippen LogP contribution in [0.3, 0.4) is 0 Å². The molecule has 1 aromatic carbocycles.